The second kappa shape index (κ2) is 10.1. The van der Waals surface area contributed by atoms with Crippen LogP contribution in [-0.2, 0) is 16.0 Å². The molecule has 0 aliphatic carbocycles. The zero-order chi connectivity index (χ0) is 23.3. The number of hydrogen-bond donors (Lipinski definition) is 0. The van der Waals surface area contributed by atoms with E-state index in [9.17, 15) is 9.18 Å². The molecule has 0 bridgehead atoms. The third-order valence-electron chi connectivity index (χ3n) is 5.19. The fourth-order valence-corrected chi connectivity index (χ4v) is 3.11. The van der Waals surface area contributed by atoms with Gasteiger partial charge in [0.05, 0.1) is 0 Å². The Balaban J connectivity index is 1.75. The van der Waals surface area contributed by atoms with Crippen molar-refractivity contribution in [1.82, 2.24) is 0 Å². The maximum atomic E-state index is 14.9. The molecule has 0 saturated carbocycles. The van der Waals surface area contributed by atoms with E-state index in [4.69, 9.17) is 9.47 Å². The van der Waals surface area contributed by atoms with Gasteiger partial charge >= 0.3 is 5.97 Å². The molecule has 0 atom stereocenters. The summed E-state index contributed by atoms with van der Waals surface area (Å²) in [5.41, 5.74) is 4.66. The first-order valence-electron chi connectivity index (χ1n) is 10.5. The summed E-state index contributed by atoms with van der Waals surface area (Å²) in [5.74, 6) is 0.591. The Kier molecular flexibility index (Phi) is 7.26. The molecule has 3 nitrogen and oxygen atoms in total. The highest BCUT2D eigenvalue weighted by atomic mass is 19.1. The SMILES string of the molecule is C=C(C)C(=O)O/C(C)=C(\C)Oc1ccc(-c2ccc(-c3ccc(CC)cc3)cc2F)cc1. The molecule has 164 valence electrons. The summed E-state index contributed by atoms with van der Waals surface area (Å²) in [5, 5.41) is 0. The summed E-state index contributed by atoms with van der Waals surface area (Å²) >= 11 is 0. The number of halogens is 1. The van der Waals surface area contributed by atoms with Gasteiger partial charge in [0.15, 0.2) is 0 Å². The van der Waals surface area contributed by atoms with Gasteiger partial charge in [0.2, 0.25) is 0 Å². The molecule has 3 aromatic rings. The first-order chi connectivity index (χ1) is 15.3. The van der Waals surface area contributed by atoms with E-state index in [2.05, 4.69) is 25.6 Å². The van der Waals surface area contributed by atoms with Gasteiger partial charge < -0.3 is 9.47 Å². The first kappa shape index (κ1) is 23.0. The zero-order valence-corrected chi connectivity index (χ0v) is 18.9. The number of esters is 1. The summed E-state index contributed by atoms with van der Waals surface area (Å²) in [4.78, 5) is 11.6. The molecular weight excluding hydrogens is 403 g/mol. The number of hydrogen-bond acceptors (Lipinski definition) is 3. The van der Waals surface area contributed by atoms with Crippen LogP contribution in [0.25, 0.3) is 22.3 Å². The van der Waals surface area contributed by atoms with E-state index < -0.39 is 5.97 Å². The molecule has 3 rings (SSSR count). The van der Waals surface area contributed by atoms with Gasteiger partial charge in [-0.3, -0.25) is 0 Å². The number of allylic oxidation sites excluding steroid dienone is 2. The lowest BCUT2D eigenvalue weighted by atomic mass is 9.98. The third-order valence-corrected chi connectivity index (χ3v) is 5.19. The molecule has 0 aliphatic rings. The molecule has 0 amide bonds. The van der Waals surface area contributed by atoms with E-state index >= 15 is 0 Å². The maximum absolute atomic E-state index is 14.9. The molecule has 0 aromatic heterocycles. The Morgan fingerprint density at radius 1 is 0.844 bits per heavy atom. The summed E-state index contributed by atoms with van der Waals surface area (Å²) in [6.45, 7) is 10.6. The monoisotopic (exact) mass is 430 g/mol. The number of aryl methyl sites for hydroxylation is 1. The van der Waals surface area contributed by atoms with E-state index in [1.54, 1.807) is 57.2 Å². The van der Waals surface area contributed by atoms with Crippen molar-refractivity contribution >= 4 is 5.97 Å². The van der Waals surface area contributed by atoms with Crippen molar-refractivity contribution in [3.05, 3.63) is 102 Å². The fraction of sp³-hybridized carbons (Fsp3) is 0.179. The lowest BCUT2D eigenvalue weighted by Crippen LogP contribution is -2.06. The summed E-state index contributed by atoms with van der Waals surface area (Å²) in [6.07, 6.45) is 0.974. The molecule has 4 heteroatoms. The van der Waals surface area contributed by atoms with E-state index in [-0.39, 0.29) is 5.82 Å². The number of rotatable bonds is 7. The third kappa shape index (κ3) is 5.52. The van der Waals surface area contributed by atoms with Crippen LogP contribution in [0.1, 0.15) is 33.3 Å². The summed E-state index contributed by atoms with van der Waals surface area (Å²) in [6, 6.07) is 20.6. The molecule has 0 radical (unpaired) electrons. The van der Waals surface area contributed by atoms with Gasteiger partial charge in [-0.2, -0.15) is 0 Å². The van der Waals surface area contributed by atoms with Crippen LogP contribution in [-0.4, -0.2) is 5.97 Å². The van der Waals surface area contributed by atoms with Crippen LogP contribution in [0.4, 0.5) is 4.39 Å². The maximum Gasteiger partial charge on any atom is 0.338 e. The Hall–Kier alpha value is -3.66. The van der Waals surface area contributed by atoms with Crippen LogP contribution in [0.3, 0.4) is 0 Å². The predicted molar refractivity (Wildman–Crippen MR) is 127 cm³/mol. The standard InChI is InChI=1S/C28H27FO3/c1-6-21-7-9-22(10-8-21)24-13-16-26(27(29)17-24)23-11-14-25(15-12-23)31-19(4)20(5)32-28(30)18(2)3/h7-17H,2,6H2,1,3-5H3/b20-19+. The van der Waals surface area contributed by atoms with Crippen molar-refractivity contribution in [3.8, 4) is 28.0 Å². The minimum absolute atomic E-state index is 0.283. The second-order valence-corrected chi connectivity index (χ2v) is 7.65. The molecule has 0 spiro atoms. The largest absolute Gasteiger partial charge is 0.459 e. The fourth-order valence-electron chi connectivity index (χ4n) is 3.11. The van der Waals surface area contributed by atoms with Crippen LogP contribution < -0.4 is 4.74 Å². The Morgan fingerprint density at radius 2 is 1.44 bits per heavy atom. The van der Waals surface area contributed by atoms with Crippen molar-refractivity contribution in [2.45, 2.75) is 34.1 Å². The van der Waals surface area contributed by atoms with Gasteiger partial charge in [-0.1, -0.05) is 62.0 Å². The van der Waals surface area contributed by atoms with Gasteiger partial charge in [0.1, 0.15) is 23.1 Å². The van der Waals surface area contributed by atoms with E-state index in [1.165, 1.54) is 5.56 Å². The highest BCUT2D eigenvalue weighted by molar-refractivity contribution is 5.87. The minimum Gasteiger partial charge on any atom is -0.459 e. The summed E-state index contributed by atoms with van der Waals surface area (Å²) in [7, 11) is 0. The van der Waals surface area contributed by atoms with Gasteiger partial charge in [-0.05, 0) is 67.6 Å². The van der Waals surface area contributed by atoms with Crippen LogP contribution in [0.2, 0.25) is 0 Å². The molecule has 3 aromatic carbocycles. The van der Waals surface area contributed by atoms with E-state index in [0.29, 0.717) is 28.4 Å². The molecule has 0 aliphatic heterocycles. The molecule has 0 heterocycles. The highest BCUT2D eigenvalue weighted by Crippen LogP contribution is 2.30. The molecule has 0 fully saturated rings. The topological polar surface area (TPSA) is 35.5 Å². The van der Waals surface area contributed by atoms with E-state index in [0.717, 1.165) is 23.1 Å². The Bertz CT molecular complexity index is 1160. The molecular formula is C28H27FO3. The van der Waals surface area contributed by atoms with Crippen molar-refractivity contribution < 1.29 is 18.7 Å². The smallest absolute Gasteiger partial charge is 0.338 e. The molecule has 0 unspecified atom stereocenters. The minimum atomic E-state index is -0.499. The van der Waals surface area contributed by atoms with Crippen LogP contribution in [0, 0.1) is 5.82 Å². The van der Waals surface area contributed by atoms with Crippen molar-refractivity contribution in [1.29, 1.82) is 0 Å². The zero-order valence-electron chi connectivity index (χ0n) is 18.9. The Morgan fingerprint density at radius 3 is 2.00 bits per heavy atom. The van der Waals surface area contributed by atoms with Crippen molar-refractivity contribution in [2.24, 2.45) is 0 Å². The number of ether oxygens (including phenoxy) is 2. The number of carbonyl (C=O) groups excluding carboxylic acids is 1. The van der Waals surface area contributed by atoms with Crippen LogP contribution in [0.15, 0.2) is 90.4 Å². The Labute approximate surface area is 188 Å². The van der Waals surface area contributed by atoms with Gasteiger partial charge in [0, 0.05) is 11.1 Å². The average molecular weight is 431 g/mol. The van der Waals surface area contributed by atoms with Crippen LogP contribution >= 0.6 is 0 Å². The molecule has 32 heavy (non-hydrogen) atoms. The van der Waals surface area contributed by atoms with Crippen molar-refractivity contribution in [3.63, 3.8) is 0 Å². The van der Waals surface area contributed by atoms with Crippen LogP contribution in [0.5, 0.6) is 5.75 Å². The number of carbonyl (C=O) groups is 1. The summed E-state index contributed by atoms with van der Waals surface area (Å²) < 4.78 is 25.8. The number of benzene rings is 3. The van der Waals surface area contributed by atoms with Crippen molar-refractivity contribution in [2.75, 3.05) is 0 Å². The molecule has 0 saturated heterocycles. The lowest BCUT2D eigenvalue weighted by Gasteiger charge is -2.11. The van der Waals surface area contributed by atoms with Gasteiger partial charge in [-0.25, -0.2) is 9.18 Å². The normalized spacial score (nSPS) is 11.5. The van der Waals surface area contributed by atoms with E-state index in [1.807, 2.05) is 18.2 Å². The van der Waals surface area contributed by atoms with Gasteiger partial charge in [-0.15, -0.1) is 0 Å². The second-order valence-electron chi connectivity index (χ2n) is 7.65. The lowest BCUT2D eigenvalue weighted by molar-refractivity contribution is -0.135. The first-order valence-corrected chi connectivity index (χ1v) is 10.5. The van der Waals surface area contributed by atoms with Gasteiger partial charge in [0.25, 0.3) is 0 Å². The highest BCUT2D eigenvalue weighted by Gasteiger charge is 2.10. The average Bonchev–Trinajstić information content (AvgIpc) is 2.79. The molecule has 0 N–H and O–H groups in total. The predicted octanol–water partition coefficient (Wildman–Crippen LogP) is 7.47. The quantitative estimate of drug-likeness (QED) is 0.221.